The summed E-state index contributed by atoms with van der Waals surface area (Å²) in [5.41, 5.74) is 1.47. The van der Waals surface area contributed by atoms with Gasteiger partial charge in [-0.1, -0.05) is 38.1 Å². The first-order chi connectivity index (χ1) is 15.9. The Morgan fingerprint density at radius 2 is 1.45 bits per heavy atom. The van der Waals surface area contributed by atoms with Gasteiger partial charge in [0, 0.05) is 22.6 Å². The number of esters is 1. The fraction of sp³-hybridized carbons (Fsp3) is 0.231. The van der Waals surface area contributed by atoms with Crippen LogP contribution < -0.4 is 10.2 Å². The van der Waals surface area contributed by atoms with Gasteiger partial charge in [0.1, 0.15) is 0 Å². The molecule has 1 heterocycles. The molecule has 0 unspecified atom stereocenters. The summed E-state index contributed by atoms with van der Waals surface area (Å²) in [5, 5.41) is 4.29. The average Bonchev–Trinajstić information content (AvgIpc) is 2.84. The largest absolute Gasteiger partial charge is 0.452 e. The molecule has 3 aromatic carbocycles. The fourth-order valence-corrected chi connectivity index (χ4v) is 3.99. The molecule has 0 fully saturated rings. The maximum atomic E-state index is 13.1. The highest BCUT2D eigenvalue weighted by Gasteiger charge is 2.33. The molecule has 0 bridgehead atoms. The van der Waals surface area contributed by atoms with Gasteiger partial charge in [-0.3, -0.25) is 14.4 Å². The number of hydrogen-bond acceptors (Lipinski definition) is 5. The van der Waals surface area contributed by atoms with E-state index in [4.69, 9.17) is 4.74 Å². The van der Waals surface area contributed by atoms with Crippen LogP contribution in [0.3, 0.4) is 0 Å². The summed E-state index contributed by atoms with van der Waals surface area (Å²) in [6.07, 6.45) is 1.59. The maximum absolute atomic E-state index is 13.1. The topological polar surface area (TPSA) is 92.8 Å². The molecule has 3 amide bonds. The van der Waals surface area contributed by atoms with E-state index in [1.165, 1.54) is 24.3 Å². The van der Waals surface area contributed by atoms with E-state index >= 15 is 0 Å². The van der Waals surface area contributed by atoms with Crippen molar-refractivity contribution in [3.05, 3.63) is 77.4 Å². The summed E-state index contributed by atoms with van der Waals surface area (Å²) < 4.78 is 5.09. The lowest BCUT2D eigenvalue weighted by Crippen LogP contribution is -2.40. The van der Waals surface area contributed by atoms with E-state index in [1.54, 1.807) is 24.3 Å². The van der Waals surface area contributed by atoms with Crippen molar-refractivity contribution < 1.29 is 23.9 Å². The van der Waals surface area contributed by atoms with Crippen LogP contribution in [0.5, 0.6) is 0 Å². The molecule has 1 N–H and O–H groups in total. The third kappa shape index (κ3) is 4.22. The molecule has 0 saturated carbocycles. The number of hydrogen-bond donors (Lipinski definition) is 1. The third-order valence-electron chi connectivity index (χ3n) is 5.82. The average molecular weight is 444 g/mol. The Morgan fingerprint density at radius 1 is 0.879 bits per heavy atom. The zero-order valence-corrected chi connectivity index (χ0v) is 18.5. The smallest absolute Gasteiger partial charge is 0.338 e. The van der Waals surface area contributed by atoms with Crippen molar-refractivity contribution in [2.45, 2.75) is 32.7 Å². The summed E-state index contributed by atoms with van der Waals surface area (Å²) >= 11 is 0. The van der Waals surface area contributed by atoms with E-state index in [0.29, 0.717) is 22.2 Å². The number of rotatable bonds is 7. The number of carbonyl (C=O) groups excluding carboxylic acids is 4. The maximum Gasteiger partial charge on any atom is 0.338 e. The SMILES string of the molecule is CCC(CC)NC(=O)COC(=O)c1ccc(N2C(=O)c3cccc4cccc(c34)C2=O)cc1. The minimum absolute atomic E-state index is 0.0473. The van der Waals surface area contributed by atoms with Gasteiger partial charge in [-0.15, -0.1) is 0 Å². The highest BCUT2D eigenvalue weighted by molar-refractivity contribution is 6.35. The van der Waals surface area contributed by atoms with Crippen LogP contribution in [-0.2, 0) is 9.53 Å². The number of nitrogens with one attached hydrogen (secondary N) is 1. The molecule has 0 spiro atoms. The Labute approximate surface area is 191 Å². The molecule has 168 valence electrons. The molecule has 0 radical (unpaired) electrons. The van der Waals surface area contributed by atoms with Gasteiger partial charge in [0.15, 0.2) is 6.61 Å². The molecular weight excluding hydrogens is 420 g/mol. The molecule has 0 atom stereocenters. The molecule has 0 saturated heterocycles. The van der Waals surface area contributed by atoms with Crippen LogP contribution in [0.4, 0.5) is 5.69 Å². The van der Waals surface area contributed by atoms with E-state index in [0.717, 1.165) is 23.1 Å². The lowest BCUT2D eigenvalue weighted by atomic mass is 9.94. The van der Waals surface area contributed by atoms with Crippen molar-refractivity contribution in [1.82, 2.24) is 5.32 Å². The molecule has 33 heavy (non-hydrogen) atoms. The predicted octanol–water partition coefficient (Wildman–Crippen LogP) is 4.10. The number of imide groups is 1. The first-order valence-electron chi connectivity index (χ1n) is 10.9. The van der Waals surface area contributed by atoms with Crippen molar-refractivity contribution in [3.8, 4) is 0 Å². The molecule has 0 aliphatic carbocycles. The number of carbonyl (C=O) groups is 4. The summed E-state index contributed by atoms with van der Waals surface area (Å²) in [4.78, 5) is 51.6. The lowest BCUT2D eigenvalue weighted by Gasteiger charge is -2.27. The van der Waals surface area contributed by atoms with E-state index in [-0.39, 0.29) is 24.1 Å². The Bertz CT molecular complexity index is 1190. The van der Waals surface area contributed by atoms with Gasteiger partial charge in [-0.05, 0) is 54.6 Å². The Kier molecular flexibility index (Phi) is 6.22. The van der Waals surface area contributed by atoms with Crippen LogP contribution in [0.15, 0.2) is 60.7 Å². The van der Waals surface area contributed by atoms with Crippen molar-refractivity contribution in [2.75, 3.05) is 11.5 Å². The molecule has 0 aromatic heterocycles. The van der Waals surface area contributed by atoms with Gasteiger partial charge in [0.2, 0.25) is 0 Å². The van der Waals surface area contributed by atoms with Crippen molar-refractivity contribution in [2.24, 2.45) is 0 Å². The zero-order valence-electron chi connectivity index (χ0n) is 18.5. The van der Waals surface area contributed by atoms with Crippen molar-refractivity contribution >= 4 is 40.2 Å². The monoisotopic (exact) mass is 444 g/mol. The normalized spacial score (nSPS) is 12.9. The zero-order chi connectivity index (χ0) is 23.5. The van der Waals surface area contributed by atoms with Gasteiger partial charge in [-0.25, -0.2) is 9.69 Å². The Hall–Kier alpha value is -4.00. The highest BCUT2D eigenvalue weighted by Crippen LogP contribution is 2.32. The Balaban J connectivity index is 1.49. The van der Waals surface area contributed by atoms with Crippen LogP contribution >= 0.6 is 0 Å². The van der Waals surface area contributed by atoms with Crippen LogP contribution in [0.25, 0.3) is 10.8 Å². The number of ether oxygens (including phenoxy) is 1. The Morgan fingerprint density at radius 3 is 2.00 bits per heavy atom. The van der Waals surface area contributed by atoms with Crippen molar-refractivity contribution in [3.63, 3.8) is 0 Å². The summed E-state index contributed by atoms with van der Waals surface area (Å²) in [7, 11) is 0. The van der Waals surface area contributed by atoms with E-state index < -0.39 is 17.8 Å². The predicted molar refractivity (Wildman–Crippen MR) is 124 cm³/mol. The summed E-state index contributed by atoms with van der Waals surface area (Å²) in [6, 6.07) is 16.7. The number of nitrogens with zero attached hydrogens (tertiary/aromatic N) is 1. The van der Waals surface area contributed by atoms with Crippen molar-refractivity contribution in [1.29, 1.82) is 0 Å². The number of benzene rings is 3. The third-order valence-corrected chi connectivity index (χ3v) is 5.82. The van der Waals surface area contributed by atoms with E-state index in [2.05, 4.69) is 5.32 Å². The number of anilines is 1. The molecule has 7 heteroatoms. The first-order valence-corrected chi connectivity index (χ1v) is 10.9. The van der Waals surface area contributed by atoms with Gasteiger partial charge in [0.25, 0.3) is 17.7 Å². The lowest BCUT2D eigenvalue weighted by molar-refractivity contribution is -0.125. The first kappa shape index (κ1) is 22.2. The standard InChI is InChI=1S/C26H24N2O5/c1-3-18(4-2)27-22(29)15-33-26(32)17-11-13-19(14-12-17)28-24(30)20-9-5-7-16-8-6-10-21(23(16)20)25(28)31/h5-14,18H,3-4,15H2,1-2H3,(H,27,29). The van der Waals surface area contributed by atoms with E-state index in [1.807, 2.05) is 26.0 Å². The molecule has 1 aliphatic rings. The number of amides is 3. The van der Waals surface area contributed by atoms with Crippen LogP contribution in [-0.4, -0.2) is 36.3 Å². The minimum Gasteiger partial charge on any atom is -0.452 e. The summed E-state index contributed by atoms with van der Waals surface area (Å²) in [5.74, 6) is -1.85. The minimum atomic E-state index is -0.660. The van der Waals surface area contributed by atoms with Crippen LogP contribution in [0.2, 0.25) is 0 Å². The van der Waals surface area contributed by atoms with Crippen LogP contribution in [0.1, 0.15) is 57.8 Å². The molecule has 4 rings (SSSR count). The molecular formula is C26H24N2O5. The second kappa shape index (κ2) is 9.24. The fourth-order valence-electron chi connectivity index (χ4n) is 3.99. The van der Waals surface area contributed by atoms with E-state index in [9.17, 15) is 19.2 Å². The summed E-state index contributed by atoms with van der Waals surface area (Å²) in [6.45, 7) is 3.57. The molecule has 7 nitrogen and oxygen atoms in total. The van der Waals surface area contributed by atoms with Gasteiger partial charge < -0.3 is 10.1 Å². The quantitative estimate of drug-likeness (QED) is 0.437. The molecule has 1 aliphatic heterocycles. The second-order valence-corrected chi connectivity index (χ2v) is 7.86. The molecule has 3 aromatic rings. The second-order valence-electron chi connectivity index (χ2n) is 7.86. The van der Waals surface area contributed by atoms with Crippen LogP contribution in [0, 0.1) is 0 Å². The van der Waals surface area contributed by atoms with Gasteiger partial charge in [-0.2, -0.15) is 0 Å². The van der Waals surface area contributed by atoms with Gasteiger partial charge in [0.05, 0.1) is 11.3 Å². The van der Waals surface area contributed by atoms with Gasteiger partial charge >= 0.3 is 5.97 Å². The highest BCUT2D eigenvalue weighted by atomic mass is 16.5.